The maximum Gasteiger partial charge on any atom is 0.309 e. The number of aliphatic hydroxyl groups excluding tert-OH is 1. The molecule has 0 radical (unpaired) electrons. The average molecular weight is 445 g/mol. The molecule has 32 heavy (non-hydrogen) atoms. The number of oxime groups is 1. The van der Waals surface area contributed by atoms with Crippen LogP contribution in [-0.2, 0) is 25.5 Å². The number of carbonyl (C=O) groups excluding carboxylic acids is 1. The van der Waals surface area contributed by atoms with Crippen LogP contribution in [0.15, 0.2) is 53.8 Å². The van der Waals surface area contributed by atoms with Gasteiger partial charge in [0, 0.05) is 13.0 Å². The van der Waals surface area contributed by atoms with Crippen molar-refractivity contribution < 1.29 is 24.2 Å². The topological polar surface area (TPSA) is 108 Å². The number of aromatic nitrogens is 3. The number of benzene rings is 1. The lowest BCUT2D eigenvalue weighted by Gasteiger charge is -2.15. The van der Waals surface area contributed by atoms with Crippen LogP contribution in [0.25, 0.3) is 0 Å². The number of aliphatic hydroxyl groups is 1. The van der Waals surface area contributed by atoms with Crippen LogP contribution in [0.5, 0.6) is 0 Å². The van der Waals surface area contributed by atoms with Crippen molar-refractivity contribution in [2.75, 3.05) is 20.8 Å². The predicted molar refractivity (Wildman–Crippen MR) is 120 cm³/mol. The van der Waals surface area contributed by atoms with E-state index in [1.165, 1.54) is 7.11 Å². The molecule has 0 amide bonds. The Morgan fingerprint density at radius 3 is 2.66 bits per heavy atom. The first-order valence-corrected chi connectivity index (χ1v) is 10.5. The van der Waals surface area contributed by atoms with Crippen LogP contribution < -0.4 is 0 Å². The second-order valence-corrected chi connectivity index (χ2v) is 7.42. The first-order valence-electron chi connectivity index (χ1n) is 10.5. The number of hydrogen-bond donors (Lipinski definition) is 1. The highest BCUT2D eigenvalue weighted by Crippen LogP contribution is 2.18. The Bertz CT molecular complexity index is 868. The molecule has 0 saturated heterocycles. The highest BCUT2D eigenvalue weighted by Gasteiger charge is 2.17. The van der Waals surface area contributed by atoms with Gasteiger partial charge in [-0.3, -0.25) is 4.79 Å². The van der Waals surface area contributed by atoms with Crippen LogP contribution in [0.3, 0.4) is 0 Å². The Morgan fingerprint density at radius 2 is 2.00 bits per heavy atom. The summed E-state index contributed by atoms with van der Waals surface area (Å²) in [7, 11) is 2.94. The van der Waals surface area contributed by atoms with Crippen molar-refractivity contribution in [1.82, 2.24) is 15.0 Å². The summed E-state index contributed by atoms with van der Waals surface area (Å²) in [5.74, 6) is -0.315. The van der Waals surface area contributed by atoms with E-state index in [9.17, 15) is 9.90 Å². The fourth-order valence-corrected chi connectivity index (χ4v) is 3.01. The highest BCUT2D eigenvalue weighted by atomic mass is 16.6. The van der Waals surface area contributed by atoms with E-state index in [2.05, 4.69) is 20.2 Å². The number of hydrogen-bond acceptors (Lipinski definition) is 8. The van der Waals surface area contributed by atoms with Crippen molar-refractivity contribution in [3.05, 3.63) is 59.9 Å². The van der Waals surface area contributed by atoms with Crippen molar-refractivity contribution in [1.29, 1.82) is 0 Å². The van der Waals surface area contributed by atoms with Gasteiger partial charge in [0.1, 0.15) is 11.8 Å². The van der Waals surface area contributed by atoms with E-state index >= 15 is 0 Å². The summed E-state index contributed by atoms with van der Waals surface area (Å²) in [4.78, 5) is 16.7. The zero-order valence-electron chi connectivity index (χ0n) is 19.0. The Balaban J connectivity index is 1.91. The van der Waals surface area contributed by atoms with Gasteiger partial charge < -0.3 is 19.4 Å². The minimum absolute atomic E-state index is 0.0171. The van der Waals surface area contributed by atoms with Gasteiger partial charge >= 0.3 is 5.97 Å². The van der Waals surface area contributed by atoms with Crippen LogP contribution in [-0.4, -0.2) is 59.2 Å². The van der Waals surface area contributed by atoms with Crippen LogP contribution in [0.4, 0.5) is 0 Å². The van der Waals surface area contributed by atoms with Crippen molar-refractivity contribution in [2.45, 2.75) is 44.9 Å². The quantitative estimate of drug-likeness (QED) is 0.219. The molecule has 4 atom stereocenters. The van der Waals surface area contributed by atoms with E-state index in [4.69, 9.17) is 9.57 Å². The lowest BCUT2D eigenvalue weighted by Crippen LogP contribution is -2.20. The fraction of sp³-hybridized carbons (Fsp3) is 0.478. The maximum absolute atomic E-state index is 11.2. The number of ether oxygens (including phenoxy) is 2. The molecule has 0 unspecified atom stereocenters. The molecule has 1 aromatic heterocycles. The summed E-state index contributed by atoms with van der Waals surface area (Å²) in [5.41, 5.74) is 1.71. The number of nitrogens with zero attached hydrogens (tertiary/aromatic N) is 4. The third-order valence-corrected chi connectivity index (χ3v) is 5.01. The second-order valence-electron chi connectivity index (χ2n) is 7.42. The van der Waals surface area contributed by atoms with Crippen molar-refractivity contribution in [2.24, 2.45) is 11.1 Å². The standard InChI is InChI=1S/C23H32N4O5/c1-17(9-8-12-23(29)31-4)22(30-3)14-24-32-18(2)21-15-27(26-25-21)20(16-28)13-19-10-6-5-7-11-19/h5-11,14-15,17-18,20,22,28H,12-13,16H2,1-4H3/b9-8+,24-14+/t17-,18+,20+,22-/m1/s1. The predicted octanol–water partition coefficient (Wildman–Crippen LogP) is 2.89. The molecule has 0 aliphatic carbocycles. The molecular weight excluding hydrogens is 412 g/mol. The molecule has 1 aromatic carbocycles. The third-order valence-electron chi connectivity index (χ3n) is 5.01. The Morgan fingerprint density at radius 1 is 1.25 bits per heavy atom. The van der Waals surface area contributed by atoms with Gasteiger partial charge in [0.2, 0.25) is 0 Å². The molecule has 9 heteroatoms. The van der Waals surface area contributed by atoms with Gasteiger partial charge in [0.15, 0.2) is 6.10 Å². The molecule has 2 aromatic rings. The molecule has 0 aliphatic heterocycles. The average Bonchev–Trinajstić information content (AvgIpc) is 3.30. The first-order chi connectivity index (χ1) is 15.5. The molecule has 2 rings (SSSR count). The number of esters is 1. The summed E-state index contributed by atoms with van der Waals surface area (Å²) >= 11 is 0. The summed E-state index contributed by atoms with van der Waals surface area (Å²) in [6.07, 6.45) is 7.03. The Hall–Kier alpha value is -3.04. The van der Waals surface area contributed by atoms with Crippen LogP contribution >= 0.6 is 0 Å². The molecule has 174 valence electrons. The monoisotopic (exact) mass is 444 g/mol. The van der Waals surface area contributed by atoms with E-state index in [0.717, 1.165) is 5.56 Å². The molecule has 1 N–H and O–H groups in total. The zero-order chi connectivity index (χ0) is 23.3. The molecule has 1 heterocycles. The third kappa shape index (κ3) is 7.90. The Labute approximate surface area is 188 Å². The molecule has 9 nitrogen and oxygen atoms in total. The van der Waals surface area contributed by atoms with Crippen LogP contribution in [0, 0.1) is 5.92 Å². The maximum atomic E-state index is 11.2. The van der Waals surface area contributed by atoms with Crippen LogP contribution in [0.2, 0.25) is 0 Å². The van der Waals surface area contributed by atoms with Gasteiger partial charge in [-0.15, -0.1) is 5.10 Å². The van der Waals surface area contributed by atoms with Gasteiger partial charge in [-0.1, -0.05) is 59.8 Å². The molecule has 0 saturated carbocycles. The molecule has 0 aliphatic rings. The van der Waals surface area contributed by atoms with E-state index in [1.807, 2.05) is 50.3 Å². The minimum Gasteiger partial charge on any atom is -0.469 e. The molecule has 0 spiro atoms. The SMILES string of the molecule is COC(=O)C/C=C/[C@@H](C)[C@@H](/C=N/O[C@@H](C)c1cn([C@H](CO)Cc2ccccc2)nn1)OC. The normalized spacial score (nSPS) is 15.5. The highest BCUT2D eigenvalue weighted by molar-refractivity contribution is 5.71. The smallest absolute Gasteiger partial charge is 0.309 e. The summed E-state index contributed by atoms with van der Waals surface area (Å²) in [5, 5.41) is 22.1. The molecular formula is C23H32N4O5. The number of rotatable bonds is 13. The van der Waals surface area contributed by atoms with E-state index in [-0.39, 0.29) is 37.1 Å². The fourth-order valence-electron chi connectivity index (χ4n) is 3.01. The minimum atomic E-state index is -0.432. The van der Waals surface area contributed by atoms with Crippen molar-refractivity contribution in [3.63, 3.8) is 0 Å². The summed E-state index contributed by atoms with van der Waals surface area (Å²) in [6, 6.07) is 9.70. The van der Waals surface area contributed by atoms with Gasteiger partial charge in [-0.05, 0) is 18.9 Å². The number of carbonyl (C=O) groups is 1. The molecule has 0 bridgehead atoms. The first kappa shape index (κ1) is 25.2. The molecule has 0 fully saturated rings. The lowest BCUT2D eigenvalue weighted by molar-refractivity contribution is -0.139. The van der Waals surface area contributed by atoms with E-state index in [0.29, 0.717) is 12.1 Å². The lowest BCUT2D eigenvalue weighted by atomic mass is 10.0. The van der Waals surface area contributed by atoms with Gasteiger partial charge in [0.25, 0.3) is 0 Å². The van der Waals surface area contributed by atoms with E-state index in [1.54, 1.807) is 30.3 Å². The summed E-state index contributed by atoms with van der Waals surface area (Å²) in [6.45, 7) is 3.71. The van der Waals surface area contributed by atoms with Crippen LogP contribution in [0.1, 0.15) is 43.7 Å². The van der Waals surface area contributed by atoms with Gasteiger partial charge in [0.05, 0.1) is 38.6 Å². The summed E-state index contributed by atoms with van der Waals surface area (Å²) < 4.78 is 11.7. The van der Waals surface area contributed by atoms with Gasteiger partial charge in [-0.2, -0.15) is 0 Å². The number of methoxy groups -OCH3 is 2. The van der Waals surface area contributed by atoms with Crippen molar-refractivity contribution in [3.8, 4) is 0 Å². The van der Waals surface area contributed by atoms with Crippen molar-refractivity contribution >= 4 is 12.2 Å². The van der Waals surface area contributed by atoms with Gasteiger partial charge in [-0.25, -0.2) is 4.68 Å². The second kappa shape index (κ2) is 13.4. The Kier molecular flexibility index (Phi) is 10.6. The van der Waals surface area contributed by atoms with E-state index < -0.39 is 6.10 Å². The zero-order valence-corrected chi connectivity index (χ0v) is 19.0. The largest absolute Gasteiger partial charge is 0.469 e.